The molecule has 2 atom stereocenters. The average molecular weight is 557 g/mol. The molecule has 0 aromatic heterocycles. The molecule has 2 saturated heterocycles. The first-order chi connectivity index (χ1) is 16.1. The Balaban J connectivity index is 1.77. The van der Waals surface area contributed by atoms with Gasteiger partial charge in [-0.25, -0.2) is 8.42 Å². The molecule has 0 aliphatic carbocycles. The number of hydrogen-bond acceptors (Lipinski definition) is 4. The van der Waals surface area contributed by atoms with Crippen LogP contribution < -0.4 is 4.90 Å². The van der Waals surface area contributed by atoms with E-state index in [1.54, 1.807) is 24.3 Å². The van der Waals surface area contributed by atoms with Crippen LogP contribution in [0.15, 0.2) is 47.5 Å². The number of hydrogen-bond donors (Lipinski definition) is 0. The number of fused-ring (bicyclic) bond motifs is 1. The van der Waals surface area contributed by atoms with Crippen molar-refractivity contribution in [2.75, 3.05) is 16.4 Å². The zero-order chi connectivity index (χ0) is 25.8. The van der Waals surface area contributed by atoms with Crippen molar-refractivity contribution in [1.82, 2.24) is 0 Å². The largest absolute Gasteiger partial charge is 0.416 e. The Morgan fingerprint density at radius 2 is 1.57 bits per heavy atom. The van der Waals surface area contributed by atoms with Gasteiger partial charge in [-0.3, -0.25) is 4.79 Å². The maximum atomic E-state index is 13.4. The first-order valence-corrected chi connectivity index (χ1v) is 13.0. The molecule has 14 heteroatoms. The lowest BCUT2D eigenvalue weighted by Gasteiger charge is -2.26. The summed E-state index contributed by atoms with van der Waals surface area (Å²) in [6.07, 6.45) is -10.4. The van der Waals surface area contributed by atoms with Gasteiger partial charge in [-0.15, -0.1) is 0 Å². The first kappa shape index (κ1) is 25.8. The van der Waals surface area contributed by atoms with Gasteiger partial charge in [0.1, 0.15) is 0 Å². The molecule has 35 heavy (non-hydrogen) atoms. The Hall–Kier alpha value is -2.25. The van der Waals surface area contributed by atoms with Crippen LogP contribution in [-0.2, 0) is 33.4 Å². The van der Waals surface area contributed by atoms with Crippen molar-refractivity contribution in [3.05, 3.63) is 64.2 Å². The summed E-state index contributed by atoms with van der Waals surface area (Å²) in [5.41, 5.74) is -3.10. The number of carbonyl (C=O) groups excluding carboxylic acids is 1. The van der Waals surface area contributed by atoms with Crippen molar-refractivity contribution in [1.29, 1.82) is 0 Å². The van der Waals surface area contributed by atoms with Crippen molar-refractivity contribution in [2.24, 2.45) is 4.99 Å². The van der Waals surface area contributed by atoms with Gasteiger partial charge in [0.05, 0.1) is 35.1 Å². The van der Waals surface area contributed by atoms with Crippen molar-refractivity contribution < 1.29 is 39.6 Å². The number of anilines is 1. The van der Waals surface area contributed by atoms with Crippen LogP contribution >= 0.6 is 23.4 Å². The second kappa shape index (κ2) is 9.00. The third-order valence-corrected chi connectivity index (χ3v) is 8.87. The first-order valence-electron chi connectivity index (χ1n) is 9.94. The van der Waals surface area contributed by atoms with E-state index in [2.05, 4.69) is 4.99 Å². The second-order valence-electron chi connectivity index (χ2n) is 8.03. The Kier molecular flexibility index (Phi) is 6.64. The van der Waals surface area contributed by atoms with E-state index >= 15 is 0 Å². The number of benzene rings is 2. The van der Waals surface area contributed by atoms with Gasteiger partial charge in [-0.1, -0.05) is 35.5 Å². The van der Waals surface area contributed by atoms with Gasteiger partial charge >= 0.3 is 12.4 Å². The van der Waals surface area contributed by atoms with Gasteiger partial charge in [-0.2, -0.15) is 31.3 Å². The highest BCUT2D eigenvalue weighted by atomic mass is 35.5. The molecular weight excluding hydrogens is 542 g/mol. The maximum Gasteiger partial charge on any atom is 0.416 e. The van der Waals surface area contributed by atoms with Gasteiger partial charge in [0, 0.05) is 16.0 Å². The van der Waals surface area contributed by atoms with Crippen LogP contribution in [0.2, 0.25) is 5.02 Å². The molecule has 0 radical (unpaired) electrons. The summed E-state index contributed by atoms with van der Waals surface area (Å²) in [6, 6.07) is 6.25. The number of aliphatic imine (C=N–C) groups is 1. The predicted molar refractivity (Wildman–Crippen MR) is 120 cm³/mol. The zero-order valence-electron chi connectivity index (χ0n) is 17.4. The molecule has 0 saturated carbocycles. The maximum absolute atomic E-state index is 13.4. The molecule has 2 aliphatic heterocycles. The van der Waals surface area contributed by atoms with E-state index in [0.29, 0.717) is 22.7 Å². The highest BCUT2D eigenvalue weighted by molar-refractivity contribution is 8.16. The van der Waals surface area contributed by atoms with Crippen LogP contribution in [0.4, 0.5) is 32.0 Å². The Bertz CT molecular complexity index is 1260. The topological polar surface area (TPSA) is 66.8 Å². The van der Waals surface area contributed by atoms with Crippen molar-refractivity contribution >= 4 is 50.0 Å². The minimum atomic E-state index is -5.09. The molecule has 0 N–H and O–H groups in total. The number of nitrogens with zero attached hydrogens (tertiary/aromatic N) is 2. The summed E-state index contributed by atoms with van der Waals surface area (Å²) in [4.78, 5) is 17.5. The Labute approximate surface area is 205 Å². The molecule has 4 rings (SSSR count). The smallest absolute Gasteiger partial charge is 0.316 e. The number of amides is 1. The molecular formula is C21H15ClF6N2O3S2. The fourth-order valence-electron chi connectivity index (χ4n) is 3.87. The molecule has 0 unspecified atom stereocenters. The van der Waals surface area contributed by atoms with Gasteiger partial charge < -0.3 is 4.90 Å². The minimum absolute atomic E-state index is 0.0158. The third-order valence-electron chi connectivity index (χ3n) is 5.41. The number of sulfone groups is 1. The van der Waals surface area contributed by atoms with E-state index in [4.69, 9.17) is 11.6 Å². The minimum Gasteiger partial charge on any atom is -0.316 e. The molecule has 188 valence electrons. The second-order valence-corrected chi connectivity index (χ2v) is 11.8. The molecule has 5 nitrogen and oxygen atoms in total. The number of thioether (sulfide) groups is 1. The monoisotopic (exact) mass is 556 g/mol. The summed E-state index contributed by atoms with van der Waals surface area (Å²) >= 11 is 6.65. The summed E-state index contributed by atoms with van der Waals surface area (Å²) < 4.78 is 105. The van der Waals surface area contributed by atoms with Crippen LogP contribution in [0.1, 0.15) is 16.7 Å². The van der Waals surface area contributed by atoms with Gasteiger partial charge in [0.25, 0.3) is 5.91 Å². The van der Waals surface area contributed by atoms with E-state index in [1.807, 2.05) is 0 Å². The van der Waals surface area contributed by atoms with E-state index in [0.717, 1.165) is 16.7 Å². The number of amidine groups is 1. The standard InChI is InChI=1S/C21H15ClF6N2O3S2/c22-14-3-1-11(2-4-14)5-18(31)29-19-30(16-9-35(32,33)10-17(16)34-19)15-7-12(20(23,24)25)6-13(8-15)21(26,27)28/h1-4,6-8,16-17H,5,9-10H2/t16-,17-/m1/s1. The fraction of sp³-hybridized carbons (Fsp3) is 0.333. The van der Waals surface area contributed by atoms with E-state index in [1.165, 1.54) is 0 Å². The van der Waals surface area contributed by atoms with Gasteiger partial charge in [0.15, 0.2) is 15.0 Å². The van der Waals surface area contributed by atoms with E-state index in [-0.39, 0.29) is 23.4 Å². The predicted octanol–water partition coefficient (Wildman–Crippen LogP) is 5.22. The van der Waals surface area contributed by atoms with Crippen LogP contribution in [0.3, 0.4) is 0 Å². The van der Waals surface area contributed by atoms with Crippen LogP contribution in [0.5, 0.6) is 0 Å². The molecule has 0 spiro atoms. The summed E-state index contributed by atoms with van der Waals surface area (Å²) in [6.45, 7) is 0. The molecule has 2 aromatic rings. The van der Waals surface area contributed by atoms with Gasteiger partial charge in [0.2, 0.25) is 0 Å². The molecule has 2 aliphatic rings. The van der Waals surface area contributed by atoms with Crippen LogP contribution in [-0.4, -0.2) is 42.3 Å². The average Bonchev–Trinajstić information content (AvgIpc) is 3.18. The summed E-state index contributed by atoms with van der Waals surface area (Å²) in [5, 5.41) is -0.420. The molecule has 2 heterocycles. The summed E-state index contributed by atoms with van der Waals surface area (Å²) in [5.74, 6) is -1.54. The highest BCUT2D eigenvalue weighted by Gasteiger charge is 2.50. The van der Waals surface area contributed by atoms with E-state index < -0.39 is 62.0 Å². The number of rotatable bonds is 3. The third kappa shape index (κ3) is 5.78. The molecule has 1 amide bonds. The van der Waals surface area contributed by atoms with Crippen LogP contribution in [0, 0.1) is 0 Å². The quantitative estimate of drug-likeness (QED) is 0.485. The van der Waals surface area contributed by atoms with E-state index in [9.17, 15) is 39.6 Å². The number of alkyl halides is 6. The summed E-state index contributed by atoms with van der Waals surface area (Å²) in [7, 11) is -3.59. The lowest BCUT2D eigenvalue weighted by Crippen LogP contribution is -2.38. The molecule has 2 fully saturated rings. The molecule has 0 bridgehead atoms. The van der Waals surface area contributed by atoms with Gasteiger partial charge in [-0.05, 0) is 35.9 Å². The highest BCUT2D eigenvalue weighted by Crippen LogP contribution is 2.44. The lowest BCUT2D eigenvalue weighted by atomic mass is 10.1. The number of halogens is 7. The fourth-order valence-corrected chi connectivity index (χ4v) is 7.92. The van der Waals surface area contributed by atoms with Crippen molar-refractivity contribution in [3.8, 4) is 0 Å². The van der Waals surface area contributed by atoms with Crippen molar-refractivity contribution in [3.63, 3.8) is 0 Å². The SMILES string of the molecule is O=C(Cc1ccc(Cl)cc1)N=C1S[C@@H]2CS(=O)(=O)C[C@H]2N1c1cc(C(F)(F)F)cc(C(F)(F)F)c1. The lowest BCUT2D eigenvalue weighted by molar-refractivity contribution is -0.143. The Morgan fingerprint density at radius 3 is 2.11 bits per heavy atom. The van der Waals surface area contributed by atoms with Crippen LogP contribution in [0.25, 0.3) is 0 Å². The van der Waals surface area contributed by atoms with Crippen molar-refractivity contribution in [2.45, 2.75) is 30.1 Å². The zero-order valence-corrected chi connectivity index (χ0v) is 19.8. The Morgan fingerprint density at radius 1 is 1.00 bits per heavy atom. The number of carbonyl (C=O) groups is 1. The normalized spacial score (nSPS) is 23.1. The molecule has 2 aromatic carbocycles.